The van der Waals surface area contributed by atoms with E-state index in [1.807, 2.05) is 36.9 Å². The van der Waals surface area contributed by atoms with Gasteiger partial charge in [0.1, 0.15) is 11.5 Å². The summed E-state index contributed by atoms with van der Waals surface area (Å²) in [6.45, 7) is 4.38. The van der Waals surface area contributed by atoms with Crippen LogP contribution in [0, 0.1) is 0 Å². The molecule has 2 aromatic carbocycles. The minimum absolute atomic E-state index is 0.0464. The summed E-state index contributed by atoms with van der Waals surface area (Å²) in [7, 11) is 1.53. The number of hydrogen-bond donors (Lipinski definition) is 2. The van der Waals surface area contributed by atoms with E-state index in [0.717, 1.165) is 18.5 Å². The van der Waals surface area contributed by atoms with Gasteiger partial charge in [0.2, 0.25) is 5.91 Å². The van der Waals surface area contributed by atoms with E-state index in [2.05, 4.69) is 10.6 Å². The molecule has 0 saturated carbocycles. The van der Waals surface area contributed by atoms with Crippen molar-refractivity contribution in [1.82, 2.24) is 5.32 Å². The number of nitrogens with zero attached hydrogens (tertiary/aromatic N) is 1. The summed E-state index contributed by atoms with van der Waals surface area (Å²) in [5.74, 6) is 0.663. The SMILES string of the molecule is CCC(CC)NC(=O)C1CN(CC(=O)Nc2cc(Cl)ccc2OC)c2ccccc2O1. The Labute approximate surface area is 187 Å². The van der Waals surface area contributed by atoms with Crippen molar-refractivity contribution in [2.75, 3.05) is 30.4 Å². The van der Waals surface area contributed by atoms with Crippen LogP contribution in [0.5, 0.6) is 11.5 Å². The van der Waals surface area contributed by atoms with Gasteiger partial charge in [-0.3, -0.25) is 9.59 Å². The first-order valence-electron chi connectivity index (χ1n) is 10.4. The largest absolute Gasteiger partial charge is 0.495 e. The summed E-state index contributed by atoms with van der Waals surface area (Å²) in [6.07, 6.45) is 0.988. The second-order valence-corrected chi connectivity index (χ2v) is 7.81. The molecule has 1 aliphatic heterocycles. The number of rotatable bonds is 8. The number of carbonyl (C=O) groups is 2. The molecule has 7 nitrogen and oxygen atoms in total. The number of amides is 2. The third-order valence-corrected chi connectivity index (χ3v) is 5.49. The van der Waals surface area contributed by atoms with Gasteiger partial charge in [0.25, 0.3) is 5.91 Å². The van der Waals surface area contributed by atoms with Crippen molar-refractivity contribution in [2.24, 2.45) is 0 Å². The van der Waals surface area contributed by atoms with Gasteiger partial charge in [0.15, 0.2) is 6.10 Å². The zero-order chi connectivity index (χ0) is 22.4. The molecule has 2 amide bonds. The van der Waals surface area contributed by atoms with E-state index in [1.54, 1.807) is 24.3 Å². The van der Waals surface area contributed by atoms with E-state index < -0.39 is 6.10 Å². The quantitative estimate of drug-likeness (QED) is 0.645. The van der Waals surface area contributed by atoms with Gasteiger partial charge < -0.3 is 25.0 Å². The molecule has 2 aromatic rings. The number of nitrogens with one attached hydrogen (secondary N) is 2. The van der Waals surface area contributed by atoms with Crippen molar-refractivity contribution in [2.45, 2.75) is 38.8 Å². The number of methoxy groups -OCH3 is 1. The Morgan fingerprint density at radius 3 is 2.68 bits per heavy atom. The lowest BCUT2D eigenvalue weighted by Gasteiger charge is -2.35. The van der Waals surface area contributed by atoms with Crippen LogP contribution >= 0.6 is 11.6 Å². The highest BCUT2D eigenvalue weighted by molar-refractivity contribution is 6.31. The van der Waals surface area contributed by atoms with E-state index in [0.29, 0.717) is 22.2 Å². The highest BCUT2D eigenvalue weighted by Crippen LogP contribution is 2.33. The van der Waals surface area contributed by atoms with Gasteiger partial charge in [-0.05, 0) is 43.2 Å². The topological polar surface area (TPSA) is 79.9 Å². The van der Waals surface area contributed by atoms with Crippen LogP contribution in [0.3, 0.4) is 0 Å². The molecule has 166 valence electrons. The molecular formula is C23H28ClN3O4. The maximum Gasteiger partial charge on any atom is 0.263 e. The fourth-order valence-corrected chi connectivity index (χ4v) is 3.69. The van der Waals surface area contributed by atoms with E-state index in [1.165, 1.54) is 7.11 Å². The van der Waals surface area contributed by atoms with Gasteiger partial charge in [0, 0.05) is 11.1 Å². The van der Waals surface area contributed by atoms with Gasteiger partial charge in [-0.2, -0.15) is 0 Å². The third kappa shape index (κ3) is 5.61. The Hall–Kier alpha value is -2.93. The Kier molecular flexibility index (Phi) is 7.63. The van der Waals surface area contributed by atoms with Crippen molar-refractivity contribution >= 4 is 34.8 Å². The molecule has 0 fully saturated rings. The molecule has 0 saturated heterocycles. The van der Waals surface area contributed by atoms with Gasteiger partial charge in [0.05, 0.1) is 31.6 Å². The van der Waals surface area contributed by atoms with Crippen molar-refractivity contribution in [3.05, 3.63) is 47.5 Å². The monoisotopic (exact) mass is 445 g/mol. The molecule has 0 spiro atoms. The zero-order valence-electron chi connectivity index (χ0n) is 18.0. The number of fused-ring (bicyclic) bond motifs is 1. The van der Waals surface area contributed by atoms with E-state index in [4.69, 9.17) is 21.1 Å². The predicted octanol–water partition coefficient (Wildman–Crippen LogP) is 3.86. The smallest absolute Gasteiger partial charge is 0.263 e. The standard InChI is InChI=1S/C23H28ClN3O4/c1-4-16(5-2)25-23(29)21-13-27(18-8-6-7-9-20(18)31-21)14-22(28)26-17-12-15(24)10-11-19(17)30-3/h6-12,16,21H,4-5,13-14H2,1-3H3,(H,25,29)(H,26,28). The minimum Gasteiger partial charge on any atom is -0.495 e. The molecule has 1 aliphatic rings. The normalized spacial score (nSPS) is 15.1. The molecule has 31 heavy (non-hydrogen) atoms. The highest BCUT2D eigenvalue weighted by Gasteiger charge is 2.32. The van der Waals surface area contributed by atoms with Crippen LogP contribution in [-0.4, -0.2) is 44.2 Å². The highest BCUT2D eigenvalue weighted by atomic mass is 35.5. The number of carbonyl (C=O) groups excluding carboxylic acids is 2. The van der Waals surface area contributed by atoms with Gasteiger partial charge in [-0.1, -0.05) is 37.6 Å². The Balaban J connectivity index is 1.75. The Morgan fingerprint density at radius 2 is 1.97 bits per heavy atom. The minimum atomic E-state index is -0.705. The average Bonchev–Trinajstić information content (AvgIpc) is 2.77. The molecule has 8 heteroatoms. The maximum absolute atomic E-state index is 12.8. The predicted molar refractivity (Wildman–Crippen MR) is 122 cm³/mol. The van der Waals surface area contributed by atoms with Gasteiger partial charge in [-0.15, -0.1) is 0 Å². The summed E-state index contributed by atoms with van der Waals surface area (Å²) < 4.78 is 11.2. The molecule has 0 bridgehead atoms. The van der Waals surface area contributed by atoms with Crippen LogP contribution in [-0.2, 0) is 9.59 Å². The molecule has 1 heterocycles. The number of hydrogen-bond acceptors (Lipinski definition) is 5. The molecule has 1 unspecified atom stereocenters. The van der Waals surface area contributed by atoms with Crippen molar-refractivity contribution in [3.8, 4) is 11.5 Å². The number of anilines is 2. The van der Waals surface area contributed by atoms with Crippen LogP contribution in [0.1, 0.15) is 26.7 Å². The molecule has 0 aromatic heterocycles. The lowest BCUT2D eigenvalue weighted by atomic mass is 10.1. The van der Waals surface area contributed by atoms with Crippen molar-refractivity contribution in [1.29, 1.82) is 0 Å². The first-order valence-corrected chi connectivity index (χ1v) is 10.8. The number of ether oxygens (including phenoxy) is 2. The van der Waals surface area contributed by atoms with E-state index in [-0.39, 0.29) is 30.9 Å². The zero-order valence-corrected chi connectivity index (χ0v) is 18.7. The summed E-state index contributed by atoms with van der Waals surface area (Å²) in [5.41, 5.74) is 1.26. The van der Waals surface area contributed by atoms with Gasteiger partial charge >= 0.3 is 0 Å². The van der Waals surface area contributed by atoms with Crippen molar-refractivity contribution < 1.29 is 19.1 Å². The van der Waals surface area contributed by atoms with Crippen LogP contribution in [0.2, 0.25) is 5.02 Å². The van der Waals surface area contributed by atoms with E-state index in [9.17, 15) is 9.59 Å². The fraction of sp³-hybridized carbons (Fsp3) is 0.391. The number of halogens is 1. The number of para-hydroxylation sites is 2. The first kappa shape index (κ1) is 22.7. The molecule has 0 aliphatic carbocycles. The second-order valence-electron chi connectivity index (χ2n) is 7.37. The lowest BCUT2D eigenvalue weighted by Crippen LogP contribution is -2.52. The third-order valence-electron chi connectivity index (χ3n) is 5.26. The second kappa shape index (κ2) is 10.4. The van der Waals surface area contributed by atoms with Crippen LogP contribution in [0.15, 0.2) is 42.5 Å². The average molecular weight is 446 g/mol. The van der Waals surface area contributed by atoms with E-state index >= 15 is 0 Å². The first-order chi connectivity index (χ1) is 14.9. The summed E-state index contributed by atoms with van der Waals surface area (Å²) in [6, 6.07) is 12.5. The van der Waals surface area contributed by atoms with Crippen LogP contribution < -0.4 is 25.0 Å². The molecule has 0 radical (unpaired) electrons. The molecule has 1 atom stereocenters. The van der Waals surface area contributed by atoms with Crippen molar-refractivity contribution in [3.63, 3.8) is 0 Å². The Morgan fingerprint density at radius 1 is 1.23 bits per heavy atom. The summed E-state index contributed by atoms with van der Waals surface area (Å²) >= 11 is 6.06. The fourth-order valence-electron chi connectivity index (χ4n) is 3.52. The summed E-state index contributed by atoms with van der Waals surface area (Å²) in [5, 5.41) is 6.36. The Bertz CT molecular complexity index is 933. The molecule has 2 N–H and O–H groups in total. The molecular weight excluding hydrogens is 418 g/mol. The summed E-state index contributed by atoms with van der Waals surface area (Å²) in [4.78, 5) is 27.5. The lowest BCUT2D eigenvalue weighted by molar-refractivity contribution is -0.129. The number of benzene rings is 2. The van der Waals surface area contributed by atoms with Crippen LogP contribution in [0.4, 0.5) is 11.4 Å². The van der Waals surface area contributed by atoms with Crippen LogP contribution in [0.25, 0.3) is 0 Å². The van der Waals surface area contributed by atoms with Gasteiger partial charge in [-0.25, -0.2) is 0 Å². The maximum atomic E-state index is 12.8. The molecule has 3 rings (SSSR count).